The molecule has 1 saturated heterocycles. The number of benzene rings is 1. The summed E-state index contributed by atoms with van der Waals surface area (Å²) in [7, 11) is -3.81. The van der Waals surface area contributed by atoms with Crippen molar-refractivity contribution in [1.29, 1.82) is 0 Å². The summed E-state index contributed by atoms with van der Waals surface area (Å²) in [6, 6.07) is 4.87. The van der Waals surface area contributed by atoms with Gasteiger partial charge in [0.05, 0.1) is 23.0 Å². The lowest BCUT2D eigenvalue weighted by Gasteiger charge is -2.36. The molecule has 0 radical (unpaired) electrons. The lowest BCUT2D eigenvalue weighted by atomic mass is 9.92. The van der Waals surface area contributed by atoms with E-state index in [1.807, 2.05) is 0 Å². The molecule has 24 heavy (non-hydrogen) atoms. The Morgan fingerprint density at radius 1 is 1.29 bits per heavy atom. The fourth-order valence-electron chi connectivity index (χ4n) is 2.89. The third kappa shape index (κ3) is 3.59. The Bertz CT molecular complexity index is 713. The number of nitrogens with zero attached hydrogens (tertiary/aromatic N) is 1. The number of piperidine rings is 1. The Hall–Kier alpha value is -1.93. The van der Waals surface area contributed by atoms with Gasteiger partial charge in [-0.15, -0.1) is 0 Å². The van der Waals surface area contributed by atoms with Crippen LogP contribution in [-0.4, -0.2) is 49.0 Å². The Morgan fingerprint density at radius 2 is 1.92 bits per heavy atom. The van der Waals surface area contributed by atoms with Gasteiger partial charge in [-0.2, -0.15) is 4.31 Å². The van der Waals surface area contributed by atoms with Crippen LogP contribution in [0.25, 0.3) is 0 Å². The molecule has 0 bridgehead atoms. The van der Waals surface area contributed by atoms with E-state index in [0.717, 1.165) is 0 Å². The van der Waals surface area contributed by atoms with Gasteiger partial charge in [-0.3, -0.25) is 4.79 Å². The maximum Gasteiger partial charge on any atom is 0.338 e. The molecular weight excluding hydrogens is 334 g/mol. The first-order valence-corrected chi connectivity index (χ1v) is 9.25. The van der Waals surface area contributed by atoms with E-state index in [0.29, 0.717) is 12.8 Å². The number of ether oxygens (including phenoxy) is 1. The quantitative estimate of drug-likeness (QED) is 0.807. The fraction of sp³-hybridized carbons (Fsp3) is 0.500. The number of carbonyl (C=O) groups is 2. The number of carboxylic acids is 1. The van der Waals surface area contributed by atoms with Crippen molar-refractivity contribution in [3.05, 3.63) is 29.8 Å². The van der Waals surface area contributed by atoms with Gasteiger partial charge in [0.2, 0.25) is 10.0 Å². The first kappa shape index (κ1) is 18.4. The summed E-state index contributed by atoms with van der Waals surface area (Å²) in [5.41, 5.74) is 0.269. The van der Waals surface area contributed by atoms with Gasteiger partial charge >= 0.3 is 11.9 Å². The molecule has 1 aromatic rings. The van der Waals surface area contributed by atoms with Gasteiger partial charge < -0.3 is 9.84 Å². The van der Waals surface area contributed by atoms with E-state index in [4.69, 9.17) is 4.74 Å². The second-order valence-corrected chi connectivity index (χ2v) is 7.58. The van der Waals surface area contributed by atoms with Crippen molar-refractivity contribution in [2.75, 3.05) is 13.2 Å². The molecule has 1 aliphatic rings. The number of sulfonamides is 1. The molecule has 2 rings (SSSR count). The number of hydrogen-bond acceptors (Lipinski definition) is 5. The summed E-state index contributed by atoms with van der Waals surface area (Å²) in [6.07, 6.45) is 0.964. The van der Waals surface area contributed by atoms with Crippen molar-refractivity contribution in [1.82, 2.24) is 4.31 Å². The standard InChI is InChI=1S/C16H21NO6S/c1-3-23-16(20)12-6-8-13(9-7-12)24(21,22)17-10-4-5-14(11(17)2)15(18)19/h6-9,11,14H,3-5,10H2,1-2H3,(H,18,19)/t11-,14-/m0/s1. The van der Waals surface area contributed by atoms with Crippen LogP contribution in [0.4, 0.5) is 0 Å². The highest BCUT2D eigenvalue weighted by atomic mass is 32.2. The zero-order valence-corrected chi connectivity index (χ0v) is 14.5. The van der Waals surface area contributed by atoms with Gasteiger partial charge in [-0.1, -0.05) is 0 Å². The largest absolute Gasteiger partial charge is 0.481 e. The predicted molar refractivity (Wildman–Crippen MR) is 86.1 cm³/mol. The summed E-state index contributed by atoms with van der Waals surface area (Å²) in [5, 5.41) is 9.24. The second kappa shape index (κ2) is 7.31. The van der Waals surface area contributed by atoms with Crippen molar-refractivity contribution in [2.24, 2.45) is 5.92 Å². The van der Waals surface area contributed by atoms with E-state index in [-0.39, 0.29) is 23.6 Å². The molecule has 1 fully saturated rings. The topological polar surface area (TPSA) is 101 Å². The highest BCUT2D eigenvalue weighted by Crippen LogP contribution is 2.29. The molecule has 1 heterocycles. The van der Waals surface area contributed by atoms with Crippen LogP contribution < -0.4 is 0 Å². The second-order valence-electron chi connectivity index (χ2n) is 5.69. The molecule has 0 saturated carbocycles. The van der Waals surface area contributed by atoms with Crippen LogP contribution in [0.2, 0.25) is 0 Å². The smallest absolute Gasteiger partial charge is 0.338 e. The molecule has 8 heteroatoms. The predicted octanol–water partition coefficient (Wildman–Crippen LogP) is 1.74. The monoisotopic (exact) mass is 355 g/mol. The van der Waals surface area contributed by atoms with Crippen molar-refractivity contribution in [3.63, 3.8) is 0 Å². The lowest BCUT2D eigenvalue weighted by molar-refractivity contribution is -0.144. The third-order valence-electron chi connectivity index (χ3n) is 4.22. The summed E-state index contributed by atoms with van der Waals surface area (Å²) < 4.78 is 31.7. The molecule has 0 unspecified atom stereocenters. The summed E-state index contributed by atoms with van der Waals surface area (Å²) in [4.78, 5) is 22.9. The van der Waals surface area contributed by atoms with E-state index < -0.39 is 33.9 Å². The highest BCUT2D eigenvalue weighted by Gasteiger charge is 2.39. The van der Waals surface area contributed by atoms with Gasteiger partial charge in [0, 0.05) is 12.6 Å². The number of aliphatic carboxylic acids is 1. The summed E-state index contributed by atoms with van der Waals surface area (Å²) >= 11 is 0. The maximum absolute atomic E-state index is 12.8. The average molecular weight is 355 g/mol. The number of esters is 1. The van der Waals surface area contributed by atoms with Gasteiger partial charge in [0.1, 0.15) is 0 Å². The molecule has 0 aromatic heterocycles. The maximum atomic E-state index is 12.8. The van der Waals surface area contributed by atoms with Crippen molar-refractivity contribution < 1.29 is 27.9 Å². The molecule has 0 spiro atoms. The number of carbonyl (C=O) groups excluding carboxylic acids is 1. The number of carboxylic acid groups (broad SMARTS) is 1. The molecular formula is C16H21NO6S. The fourth-order valence-corrected chi connectivity index (χ4v) is 4.60. The van der Waals surface area contributed by atoms with Crippen LogP contribution in [0.5, 0.6) is 0 Å². The van der Waals surface area contributed by atoms with Gasteiger partial charge in [0.15, 0.2) is 0 Å². The SMILES string of the molecule is CCOC(=O)c1ccc(S(=O)(=O)N2CCC[C@H](C(=O)O)[C@@H]2C)cc1. The minimum atomic E-state index is -3.81. The molecule has 1 aromatic carbocycles. The summed E-state index contributed by atoms with van der Waals surface area (Å²) in [5.74, 6) is -2.22. The molecule has 0 amide bonds. The highest BCUT2D eigenvalue weighted by molar-refractivity contribution is 7.89. The zero-order chi connectivity index (χ0) is 17.9. The van der Waals surface area contributed by atoms with Crippen LogP contribution in [0.15, 0.2) is 29.2 Å². The van der Waals surface area contributed by atoms with E-state index >= 15 is 0 Å². The minimum absolute atomic E-state index is 0.0356. The molecule has 1 N–H and O–H groups in total. The third-order valence-corrected chi connectivity index (χ3v) is 6.22. The van der Waals surface area contributed by atoms with Crippen LogP contribution in [0.3, 0.4) is 0 Å². The van der Waals surface area contributed by atoms with Crippen molar-refractivity contribution in [3.8, 4) is 0 Å². The average Bonchev–Trinajstić information content (AvgIpc) is 2.55. The molecule has 2 atom stereocenters. The minimum Gasteiger partial charge on any atom is -0.481 e. The van der Waals surface area contributed by atoms with Crippen LogP contribution in [0, 0.1) is 5.92 Å². The van der Waals surface area contributed by atoms with E-state index in [1.165, 1.54) is 28.6 Å². The van der Waals surface area contributed by atoms with Crippen molar-refractivity contribution >= 4 is 22.0 Å². The summed E-state index contributed by atoms with van der Waals surface area (Å²) in [6.45, 7) is 3.82. The van der Waals surface area contributed by atoms with E-state index in [1.54, 1.807) is 13.8 Å². The first-order valence-electron chi connectivity index (χ1n) is 7.81. The van der Waals surface area contributed by atoms with Crippen molar-refractivity contribution in [2.45, 2.75) is 37.6 Å². The van der Waals surface area contributed by atoms with Crippen LogP contribution in [0.1, 0.15) is 37.0 Å². The Kier molecular flexibility index (Phi) is 5.61. The van der Waals surface area contributed by atoms with Crippen LogP contribution >= 0.6 is 0 Å². The zero-order valence-electron chi connectivity index (χ0n) is 13.6. The van der Waals surface area contributed by atoms with Crippen LogP contribution in [-0.2, 0) is 19.6 Å². The number of rotatable bonds is 5. The van der Waals surface area contributed by atoms with Gasteiger partial charge in [-0.25, -0.2) is 13.2 Å². The Labute approximate surface area is 141 Å². The van der Waals surface area contributed by atoms with Gasteiger partial charge in [0.25, 0.3) is 0 Å². The molecule has 132 valence electrons. The normalized spacial score (nSPS) is 22.1. The molecule has 7 nitrogen and oxygen atoms in total. The molecule has 1 aliphatic heterocycles. The van der Waals surface area contributed by atoms with Gasteiger partial charge in [-0.05, 0) is 51.0 Å². The Morgan fingerprint density at radius 3 is 2.46 bits per heavy atom. The lowest BCUT2D eigenvalue weighted by Crippen LogP contribution is -2.48. The van der Waals surface area contributed by atoms with E-state index in [2.05, 4.69) is 0 Å². The number of hydrogen-bond donors (Lipinski definition) is 1. The first-order chi connectivity index (χ1) is 11.3. The van der Waals surface area contributed by atoms with E-state index in [9.17, 15) is 23.1 Å². The molecule has 0 aliphatic carbocycles. The Balaban J connectivity index is 2.26.